The summed E-state index contributed by atoms with van der Waals surface area (Å²) in [4.78, 5) is 39.4. The van der Waals surface area contributed by atoms with E-state index in [1.807, 2.05) is 30.3 Å². The van der Waals surface area contributed by atoms with E-state index < -0.39 is 21.8 Å². The average Bonchev–Trinajstić information content (AvgIpc) is 3.06. The molecule has 0 aromatic heterocycles. The van der Waals surface area contributed by atoms with Crippen LogP contribution in [0.2, 0.25) is 0 Å². The highest BCUT2D eigenvalue weighted by molar-refractivity contribution is 7.89. The van der Waals surface area contributed by atoms with Crippen LogP contribution in [0.3, 0.4) is 0 Å². The van der Waals surface area contributed by atoms with E-state index in [9.17, 15) is 22.8 Å². The molecule has 30 heavy (non-hydrogen) atoms. The van der Waals surface area contributed by atoms with Crippen molar-refractivity contribution in [2.75, 3.05) is 37.6 Å². The summed E-state index contributed by atoms with van der Waals surface area (Å²) in [5, 5.41) is 2.11. The van der Waals surface area contributed by atoms with E-state index in [1.54, 1.807) is 4.90 Å². The summed E-state index contributed by atoms with van der Waals surface area (Å²) in [7, 11) is -4.01. The maximum atomic E-state index is 12.5. The quantitative estimate of drug-likeness (QED) is 0.658. The maximum Gasteiger partial charge on any atom is 0.258 e. The number of hydrogen-bond donors (Lipinski definition) is 2. The van der Waals surface area contributed by atoms with E-state index in [0.29, 0.717) is 26.2 Å². The monoisotopic (exact) mass is 428 g/mol. The Hall–Kier alpha value is -3.24. The number of sulfonamides is 1. The zero-order chi connectivity index (χ0) is 21.3. The Morgan fingerprint density at radius 2 is 1.60 bits per heavy atom. The molecule has 1 fully saturated rings. The van der Waals surface area contributed by atoms with Gasteiger partial charge in [0.2, 0.25) is 15.9 Å². The Morgan fingerprint density at radius 1 is 0.933 bits per heavy atom. The van der Waals surface area contributed by atoms with Crippen molar-refractivity contribution in [2.45, 2.75) is 4.90 Å². The molecule has 2 aromatic rings. The van der Waals surface area contributed by atoms with Crippen LogP contribution in [0.1, 0.15) is 20.7 Å². The van der Waals surface area contributed by atoms with Crippen LogP contribution >= 0.6 is 0 Å². The van der Waals surface area contributed by atoms with Crippen molar-refractivity contribution < 1.29 is 22.8 Å². The molecule has 0 radical (unpaired) electrons. The molecule has 2 aliphatic heterocycles. The molecular formula is C20H20N4O5S. The van der Waals surface area contributed by atoms with Crippen LogP contribution in [0.4, 0.5) is 5.69 Å². The number of carbonyl (C=O) groups excluding carboxylic acids is 3. The van der Waals surface area contributed by atoms with Gasteiger partial charge in [0.05, 0.1) is 22.6 Å². The predicted molar refractivity (Wildman–Crippen MR) is 109 cm³/mol. The number of imide groups is 1. The van der Waals surface area contributed by atoms with Gasteiger partial charge in [0.15, 0.2) is 0 Å². The summed E-state index contributed by atoms with van der Waals surface area (Å²) >= 11 is 0. The minimum atomic E-state index is -4.01. The van der Waals surface area contributed by atoms with E-state index in [0.717, 1.165) is 11.8 Å². The maximum absolute atomic E-state index is 12.5. The number of rotatable bonds is 5. The molecule has 3 amide bonds. The molecule has 9 nitrogen and oxygen atoms in total. The summed E-state index contributed by atoms with van der Waals surface area (Å²) in [6.45, 7) is 1.94. The molecule has 4 rings (SSSR count). The molecule has 2 heterocycles. The number of anilines is 1. The van der Waals surface area contributed by atoms with Crippen molar-refractivity contribution in [3.63, 3.8) is 0 Å². The van der Waals surface area contributed by atoms with Crippen LogP contribution in [-0.4, -0.2) is 63.8 Å². The van der Waals surface area contributed by atoms with E-state index >= 15 is 0 Å². The topological polar surface area (TPSA) is 116 Å². The van der Waals surface area contributed by atoms with Gasteiger partial charge in [-0.3, -0.25) is 19.7 Å². The fourth-order valence-electron chi connectivity index (χ4n) is 3.52. The number of carbonyl (C=O) groups is 3. The number of para-hydroxylation sites is 1. The number of nitrogens with zero attached hydrogens (tertiary/aromatic N) is 2. The highest BCUT2D eigenvalue weighted by Gasteiger charge is 2.29. The Kier molecular flexibility index (Phi) is 5.27. The minimum absolute atomic E-state index is 0.00577. The first-order valence-corrected chi connectivity index (χ1v) is 10.9. The third-order valence-corrected chi connectivity index (χ3v) is 6.58. The van der Waals surface area contributed by atoms with Gasteiger partial charge in [0.1, 0.15) is 0 Å². The molecule has 1 saturated heterocycles. The van der Waals surface area contributed by atoms with Crippen molar-refractivity contribution in [3.8, 4) is 0 Å². The SMILES string of the molecule is O=C1NC(=O)c2cc(S(=O)(=O)NCC(=O)N3CCN(c4ccccc4)CC3)ccc21. The van der Waals surface area contributed by atoms with Gasteiger partial charge < -0.3 is 9.80 Å². The van der Waals surface area contributed by atoms with Crippen molar-refractivity contribution >= 4 is 33.4 Å². The largest absolute Gasteiger partial charge is 0.368 e. The van der Waals surface area contributed by atoms with E-state index in [2.05, 4.69) is 14.9 Å². The lowest BCUT2D eigenvalue weighted by atomic mass is 10.1. The van der Waals surface area contributed by atoms with E-state index in [4.69, 9.17) is 0 Å². The fourth-order valence-corrected chi connectivity index (χ4v) is 4.52. The summed E-state index contributed by atoms with van der Waals surface area (Å²) in [5.41, 5.74) is 1.22. The number of piperazine rings is 1. The van der Waals surface area contributed by atoms with Crippen LogP contribution in [0.15, 0.2) is 53.4 Å². The molecule has 2 N–H and O–H groups in total. The van der Waals surface area contributed by atoms with Gasteiger partial charge in [-0.25, -0.2) is 13.1 Å². The zero-order valence-electron chi connectivity index (χ0n) is 16.0. The smallest absolute Gasteiger partial charge is 0.258 e. The van der Waals surface area contributed by atoms with Crippen LogP contribution in [0, 0.1) is 0 Å². The second kappa shape index (κ2) is 7.88. The van der Waals surface area contributed by atoms with Crippen LogP contribution in [0.5, 0.6) is 0 Å². The molecule has 0 spiro atoms. The van der Waals surface area contributed by atoms with Gasteiger partial charge in [-0.05, 0) is 30.3 Å². The third-order valence-electron chi connectivity index (χ3n) is 5.18. The molecule has 0 saturated carbocycles. The molecule has 0 unspecified atom stereocenters. The first-order chi connectivity index (χ1) is 14.3. The van der Waals surface area contributed by atoms with E-state index in [-0.39, 0.29) is 28.5 Å². The lowest BCUT2D eigenvalue weighted by Crippen LogP contribution is -2.51. The highest BCUT2D eigenvalue weighted by Crippen LogP contribution is 2.20. The van der Waals surface area contributed by atoms with Gasteiger partial charge in [0, 0.05) is 31.9 Å². The third kappa shape index (κ3) is 3.91. The van der Waals surface area contributed by atoms with Crippen LogP contribution in [0.25, 0.3) is 0 Å². The molecule has 0 aliphatic carbocycles. The summed E-state index contributed by atoms with van der Waals surface area (Å²) in [6.07, 6.45) is 0. The van der Waals surface area contributed by atoms with Crippen LogP contribution in [-0.2, 0) is 14.8 Å². The first kappa shape index (κ1) is 20.0. The Bertz CT molecular complexity index is 1110. The zero-order valence-corrected chi connectivity index (χ0v) is 16.8. The van der Waals surface area contributed by atoms with Crippen molar-refractivity contribution in [1.82, 2.24) is 14.9 Å². The number of fused-ring (bicyclic) bond motifs is 1. The number of nitrogens with one attached hydrogen (secondary N) is 2. The molecule has 10 heteroatoms. The lowest BCUT2D eigenvalue weighted by molar-refractivity contribution is -0.130. The van der Waals surface area contributed by atoms with Crippen molar-refractivity contribution in [1.29, 1.82) is 0 Å². The predicted octanol–water partition coefficient (Wildman–Crippen LogP) is 0.197. The number of amides is 3. The Balaban J connectivity index is 1.35. The number of hydrogen-bond acceptors (Lipinski definition) is 6. The normalized spacial score (nSPS) is 16.4. The van der Waals surface area contributed by atoms with Gasteiger partial charge in [0.25, 0.3) is 11.8 Å². The summed E-state index contributed by atoms with van der Waals surface area (Å²) < 4.78 is 27.4. The summed E-state index contributed by atoms with van der Waals surface area (Å²) in [6, 6.07) is 13.5. The first-order valence-electron chi connectivity index (χ1n) is 9.42. The van der Waals surface area contributed by atoms with Gasteiger partial charge in [-0.1, -0.05) is 18.2 Å². The van der Waals surface area contributed by atoms with Crippen molar-refractivity contribution in [2.24, 2.45) is 0 Å². The second-order valence-corrected chi connectivity index (χ2v) is 8.79. The highest BCUT2D eigenvalue weighted by atomic mass is 32.2. The molecule has 0 bridgehead atoms. The van der Waals surface area contributed by atoms with Gasteiger partial charge in [-0.15, -0.1) is 0 Å². The fraction of sp³-hybridized carbons (Fsp3) is 0.250. The van der Waals surface area contributed by atoms with Crippen LogP contribution < -0.4 is 14.9 Å². The number of benzene rings is 2. The average molecular weight is 428 g/mol. The van der Waals surface area contributed by atoms with Gasteiger partial charge >= 0.3 is 0 Å². The Morgan fingerprint density at radius 3 is 2.30 bits per heavy atom. The lowest BCUT2D eigenvalue weighted by Gasteiger charge is -2.36. The van der Waals surface area contributed by atoms with Gasteiger partial charge in [-0.2, -0.15) is 0 Å². The molecule has 156 valence electrons. The minimum Gasteiger partial charge on any atom is -0.368 e. The molecule has 0 atom stereocenters. The Labute approximate surface area is 173 Å². The summed E-state index contributed by atoms with van der Waals surface area (Å²) in [5.74, 6) is -1.52. The standard InChI is InChI=1S/C20H20N4O5S/c25-18(24-10-8-23(9-11-24)14-4-2-1-3-5-14)13-21-30(28,29)15-6-7-16-17(12-15)20(27)22-19(16)26/h1-7,12,21H,8-11,13H2,(H,22,26,27). The molecule has 2 aliphatic rings. The van der Waals surface area contributed by atoms with E-state index in [1.165, 1.54) is 12.1 Å². The van der Waals surface area contributed by atoms with Crippen molar-refractivity contribution in [3.05, 3.63) is 59.7 Å². The molecular weight excluding hydrogens is 408 g/mol. The molecule has 2 aromatic carbocycles. The second-order valence-electron chi connectivity index (χ2n) is 7.02.